The molecule has 0 saturated heterocycles. The van der Waals surface area contributed by atoms with Crippen molar-refractivity contribution in [2.24, 2.45) is 0 Å². The monoisotopic (exact) mass is 429 g/mol. The number of carbonyl (C=O) groups is 1. The fourth-order valence-corrected chi connectivity index (χ4v) is 3.19. The number of rotatable bonds is 5. The number of aryl methyl sites for hydroxylation is 3. The molecule has 27 heavy (non-hydrogen) atoms. The third-order valence-corrected chi connectivity index (χ3v) is 5.49. The lowest BCUT2D eigenvalue weighted by Gasteiger charge is -2.13. The van der Waals surface area contributed by atoms with Gasteiger partial charge in [-0.2, -0.15) is 10.2 Å². The van der Waals surface area contributed by atoms with Crippen LogP contribution in [0.2, 0.25) is 0 Å². The lowest BCUT2D eigenvalue weighted by molar-refractivity contribution is -0.119. The van der Waals surface area contributed by atoms with Gasteiger partial charge in [-0.15, -0.1) is 0 Å². The summed E-state index contributed by atoms with van der Waals surface area (Å²) in [6, 6.07) is 7.97. The third kappa shape index (κ3) is 4.13. The Hall–Kier alpha value is -2.41. The summed E-state index contributed by atoms with van der Waals surface area (Å²) in [7, 11) is 0. The van der Waals surface area contributed by atoms with Gasteiger partial charge in [0.1, 0.15) is 6.04 Å². The fourth-order valence-electron chi connectivity index (χ4n) is 2.90. The van der Waals surface area contributed by atoms with Crippen molar-refractivity contribution in [2.75, 3.05) is 5.32 Å². The van der Waals surface area contributed by atoms with Crippen molar-refractivity contribution in [1.29, 1.82) is 0 Å². The first-order chi connectivity index (χ1) is 12.8. The van der Waals surface area contributed by atoms with Gasteiger partial charge in [0.05, 0.1) is 33.8 Å². The van der Waals surface area contributed by atoms with E-state index >= 15 is 0 Å². The van der Waals surface area contributed by atoms with Crippen LogP contribution >= 0.6 is 15.9 Å². The summed E-state index contributed by atoms with van der Waals surface area (Å²) < 4.78 is 4.48. The van der Waals surface area contributed by atoms with Gasteiger partial charge in [-0.3, -0.25) is 14.2 Å². The maximum absolute atomic E-state index is 12.7. The van der Waals surface area contributed by atoms with Crippen LogP contribution in [-0.4, -0.2) is 25.5 Å². The highest BCUT2D eigenvalue weighted by molar-refractivity contribution is 9.10. The second kappa shape index (κ2) is 7.68. The lowest BCUT2D eigenvalue weighted by atomic mass is 10.1. The summed E-state index contributed by atoms with van der Waals surface area (Å²) in [5, 5.41) is 12.0. The third-order valence-electron chi connectivity index (χ3n) is 4.72. The number of nitrogens with one attached hydrogen (secondary N) is 1. The fraction of sp³-hybridized carbons (Fsp3) is 0.350. The van der Waals surface area contributed by atoms with Crippen molar-refractivity contribution in [2.45, 2.75) is 47.2 Å². The van der Waals surface area contributed by atoms with Crippen LogP contribution in [0.3, 0.4) is 0 Å². The van der Waals surface area contributed by atoms with Gasteiger partial charge in [0.15, 0.2) is 0 Å². The number of aromatic nitrogens is 4. The SMILES string of the molecule is Cc1ccc(Cn2nc(C)c(NC(=O)C(C)n3cc(Br)c(C)n3)c2C)cc1. The van der Waals surface area contributed by atoms with Gasteiger partial charge < -0.3 is 5.32 Å². The van der Waals surface area contributed by atoms with Gasteiger partial charge >= 0.3 is 0 Å². The second-order valence-corrected chi connectivity index (χ2v) is 7.75. The summed E-state index contributed by atoms with van der Waals surface area (Å²) in [4.78, 5) is 12.7. The lowest BCUT2D eigenvalue weighted by Crippen LogP contribution is -2.24. The summed E-state index contributed by atoms with van der Waals surface area (Å²) in [5.74, 6) is -0.119. The molecule has 3 rings (SSSR count). The molecule has 2 heterocycles. The largest absolute Gasteiger partial charge is 0.321 e. The van der Waals surface area contributed by atoms with Gasteiger partial charge in [0.25, 0.3) is 0 Å². The summed E-state index contributed by atoms with van der Waals surface area (Å²) in [5.41, 5.74) is 5.77. The highest BCUT2D eigenvalue weighted by atomic mass is 79.9. The molecule has 0 saturated carbocycles. The zero-order valence-electron chi connectivity index (χ0n) is 16.2. The van der Waals surface area contributed by atoms with Gasteiger partial charge in [0, 0.05) is 6.20 Å². The Labute approximate surface area is 167 Å². The Morgan fingerprint density at radius 3 is 2.37 bits per heavy atom. The van der Waals surface area contributed by atoms with Gasteiger partial charge in [0.2, 0.25) is 5.91 Å². The smallest absolute Gasteiger partial charge is 0.249 e. The van der Waals surface area contributed by atoms with Crippen molar-refractivity contribution >= 4 is 27.5 Å². The van der Waals surface area contributed by atoms with Crippen LogP contribution in [-0.2, 0) is 11.3 Å². The van der Waals surface area contributed by atoms with Gasteiger partial charge in [-0.05, 0) is 56.1 Å². The van der Waals surface area contributed by atoms with E-state index in [4.69, 9.17) is 0 Å². The molecule has 1 atom stereocenters. The van der Waals surface area contributed by atoms with Crippen LogP contribution in [0.15, 0.2) is 34.9 Å². The average Bonchev–Trinajstić information content (AvgIpc) is 3.10. The maximum Gasteiger partial charge on any atom is 0.249 e. The van der Waals surface area contributed by atoms with Crippen molar-refractivity contribution < 1.29 is 4.79 Å². The summed E-state index contributed by atoms with van der Waals surface area (Å²) in [6.07, 6.45) is 1.82. The van der Waals surface area contributed by atoms with Crippen LogP contribution in [0.1, 0.15) is 41.2 Å². The van der Waals surface area contributed by atoms with E-state index in [1.165, 1.54) is 11.1 Å². The normalized spacial score (nSPS) is 12.2. The minimum Gasteiger partial charge on any atom is -0.321 e. The van der Waals surface area contributed by atoms with E-state index in [0.29, 0.717) is 6.54 Å². The van der Waals surface area contributed by atoms with Gasteiger partial charge in [-0.25, -0.2) is 0 Å². The van der Waals surface area contributed by atoms with Crippen LogP contribution in [0.25, 0.3) is 0 Å². The first-order valence-electron chi connectivity index (χ1n) is 8.88. The van der Waals surface area contributed by atoms with Gasteiger partial charge in [-0.1, -0.05) is 29.8 Å². The Bertz CT molecular complexity index is 952. The number of amides is 1. The first kappa shape index (κ1) is 19.4. The molecule has 0 aliphatic rings. The molecule has 7 heteroatoms. The van der Waals surface area contributed by atoms with Crippen LogP contribution in [0.4, 0.5) is 5.69 Å². The van der Waals surface area contributed by atoms with Crippen molar-refractivity contribution in [3.63, 3.8) is 0 Å². The van der Waals surface area contributed by atoms with E-state index in [2.05, 4.69) is 62.6 Å². The Morgan fingerprint density at radius 2 is 1.78 bits per heavy atom. The van der Waals surface area contributed by atoms with Crippen LogP contribution < -0.4 is 5.32 Å². The van der Waals surface area contributed by atoms with E-state index in [-0.39, 0.29) is 5.91 Å². The molecule has 3 aromatic rings. The summed E-state index contributed by atoms with van der Waals surface area (Å²) in [6.45, 7) is 10.4. The first-order valence-corrected chi connectivity index (χ1v) is 9.67. The molecule has 1 N–H and O–H groups in total. The average molecular weight is 430 g/mol. The molecule has 0 fully saturated rings. The van der Waals surface area contributed by atoms with E-state index in [0.717, 1.165) is 27.2 Å². The molecule has 0 spiro atoms. The Morgan fingerprint density at radius 1 is 1.11 bits per heavy atom. The number of hydrogen-bond acceptors (Lipinski definition) is 3. The van der Waals surface area contributed by atoms with Crippen molar-refractivity contribution in [3.8, 4) is 0 Å². The van der Waals surface area contributed by atoms with E-state index < -0.39 is 6.04 Å². The molecule has 1 unspecified atom stereocenters. The van der Waals surface area contributed by atoms with Crippen LogP contribution in [0, 0.1) is 27.7 Å². The molecular formula is C20H24BrN5O. The minimum absolute atomic E-state index is 0.119. The predicted molar refractivity (Wildman–Crippen MR) is 110 cm³/mol. The number of anilines is 1. The maximum atomic E-state index is 12.7. The van der Waals surface area contributed by atoms with E-state index in [1.54, 1.807) is 4.68 Å². The molecule has 6 nitrogen and oxygen atoms in total. The molecule has 0 bridgehead atoms. The van der Waals surface area contributed by atoms with Crippen molar-refractivity contribution in [1.82, 2.24) is 19.6 Å². The highest BCUT2D eigenvalue weighted by Gasteiger charge is 2.21. The zero-order chi connectivity index (χ0) is 19.7. The van der Waals surface area contributed by atoms with Crippen molar-refractivity contribution in [3.05, 3.63) is 63.1 Å². The molecular weight excluding hydrogens is 406 g/mol. The quantitative estimate of drug-likeness (QED) is 0.656. The second-order valence-electron chi connectivity index (χ2n) is 6.90. The van der Waals surface area contributed by atoms with Crippen LogP contribution in [0.5, 0.6) is 0 Å². The highest BCUT2D eigenvalue weighted by Crippen LogP contribution is 2.23. The number of benzene rings is 1. The number of hydrogen-bond donors (Lipinski definition) is 1. The number of carbonyl (C=O) groups excluding carboxylic acids is 1. The van der Waals surface area contributed by atoms with E-state index in [1.807, 2.05) is 38.6 Å². The Balaban J connectivity index is 1.77. The Kier molecular flexibility index (Phi) is 5.51. The molecule has 0 aliphatic carbocycles. The standard InChI is InChI=1S/C20H24BrN5O/c1-12-6-8-17(9-7-12)10-25-15(4)19(14(3)24-25)22-20(27)16(5)26-11-18(21)13(2)23-26/h6-9,11,16H,10H2,1-5H3,(H,22,27). The number of halogens is 1. The summed E-state index contributed by atoms with van der Waals surface area (Å²) >= 11 is 3.43. The molecule has 2 aromatic heterocycles. The molecule has 142 valence electrons. The molecule has 1 amide bonds. The predicted octanol–water partition coefficient (Wildman–Crippen LogP) is 4.32. The molecule has 1 aromatic carbocycles. The zero-order valence-corrected chi connectivity index (χ0v) is 17.8. The molecule has 0 aliphatic heterocycles. The number of nitrogens with zero attached hydrogens (tertiary/aromatic N) is 4. The van der Waals surface area contributed by atoms with E-state index in [9.17, 15) is 4.79 Å². The topological polar surface area (TPSA) is 64.7 Å². The minimum atomic E-state index is -0.422. The molecule has 0 radical (unpaired) electrons.